The van der Waals surface area contributed by atoms with E-state index in [2.05, 4.69) is 35.5 Å². The third kappa shape index (κ3) is 2.74. The maximum absolute atomic E-state index is 5.26. The van der Waals surface area contributed by atoms with Gasteiger partial charge in [0.15, 0.2) is 0 Å². The minimum Gasteiger partial charge on any atom is -0.497 e. The van der Waals surface area contributed by atoms with Crippen molar-refractivity contribution in [2.45, 2.75) is 12.5 Å². The molecule has 0 saturated carbocycles. The molecule has 1 N–H and O–H groups in total. The van der Waals surface area contributed by atoms with Crippen molar-refractivity contribution in [3.8, 4) is 5.75 Å². The fourth-order valence-electron chi connectivity index (χ4n) is 2.14. The molecule has 1 aliphatic rings. The van der Waals surface area contributed by atoms with Gasteiger partial charge < -0.3 is 15.0 Å². The summed E-state index contributed by atoms with van der Waals surface area (Å²) in [6, 6.07) is 8.81. The monoisotopic (exact) mass is 220 g/mol. The number of likely N-dealkylation sites (N-methyl/N-ethyl adjacent to an activating group) is 1. The van der Waals surface area contributed by atoms with E-state index in [9.17, 15) is 0 Å². The maximum atomic E-state index is 5.26. The van der Waals surface area contributed by atoms with Crippen LogP contribution in [-0.4, -0.2) is 38.7 Å². The van der Waals surface area contributed by atoms with Crippen LogP contribution in [0.2, 0.25) is 0 Å². The zero-order valence-electron chi connectivity index (χ0n) is 10.1. The van der Waals surface area contributed by atoms with E-state index in [1.807, 2.05) is 6.07 Å². The SMILES string of the molecule is COc1cccc(C2CCN(C)CCN2)c1. The summed E-state index contributed by atoms with van der Waals surface area (Å²) < 4.78 is 5.26. The summed E-state index contributed by atoms with van der Waals surface area (Å²) in [5.41, 5.74) is 1.33. The van der Waals surface area contributed by atoms with Gasteiger partial charge in [-0.05, 0) is 37.7 Å². The Kier molecular flexibility index (Phi) is 3.80. The molecular weight excluding hydrogens is 200 g/mol. The Morgan fingerprint density at radius 1 is 1.38 bits per heavy atom. The third-order valence-corrected chi connectivity index (χ3v) is 3.18. The quantitative estimate of drug-likeness (QED) is 0.820. The number of hydrogen-bond donors (Lipinski definition) is 1. The van der Waals surface area contributed by atoms with Gasteiger partial charge in [-0.15, -0.1) is 0 Å². The summed E-state index contributed by atoms with van der Waals surface area (Å²) in [5, 5.41) is 3.58. The average Bonchev–Trinajstić information content (AvgIpc) is 2.54. The second-order valence-electron chi connectivity index (χ2n) is 4.38. The number of ether oxygens (including phenoxy) is 1. The first-order valence-corrected chi connectivity index (χ1v) is 5.85. The van der Waals surface area contributed by atoms with Crippen molar-refractivity contribution >= 4 is 0 Å². The van der Waals surface area contributed by atoms with E-state index >= 15 is 0 Å². The van der Waals surface area contributed by atoms with Crippen LogP contribution in [-0.2, 0) is 0 Å². The molecule has 0 amide bonds. The molecule has 3 nitrogen and oxygen atoms in total. The highest BCUT2D eigenvalue weighted by molar-refractivity contribution is 5.30. The Morgan fingerprint density at radius 2 is 2.25 bits per heavy atom. The Bertz CT molecular complexity index is 340. The first-order chi connectivity index (χ1) is 7.79. The summed E-state index contributed by atoms with van der Waals surface area (Å²) in [4.78, 5) is 2.37. The molecule has 16 heavy (non-hydrogen) atoms. The number of rotatable bonds is 2. The van der Waals surface area contributed by atoms with Gasteiger partial charge in [0.1, 0.15) is 5.75 Å². The van der Waals surface area contributed by atoms with Crippen LogP contribution in [0.15, 0.2) is 24.3 Å². The first kappa shape index (κ1) is 11.4. The second kappa shape index (κ2) is 5.32. The van der Waals surface area contributed by atoms with E-state index in [-0.39, 0.29) is 0 Å². The molecule has 0 bridgehead atoms. The smallest absolute Gasteiger partial charge is 0.119 e. The lowest BCUT2D eigenvalue weighted by molar-refractivity contribution is 0.355. The second-order valence-corrected chi connectivity index (χ2v) is 4.38. The van der Waals surface area contributed by atoms with Gasteiger partial charge in [0, 0.05) is 19.1 Å². The molecule has 1 atom stereocenters. The zero-order chi connectivity index (χ0) is 11.4. The predicted molar refractivity (Wildman–Crippen MR) is 65.9 cm³/mol. The van der Waals surface area contributed by atoms with Crippen LogP contribution in [0, 0.1) is 0 Å². The summed E-state index contributed by atoms with van der Waals surface area (Å²) in [5.74, 6) is 0.942. The van der Waals surface area contributed by atoms with E-state index in [1.54, 1.807) is 7.11 Å². The highest BCUT2D eigenvalue weighted by atomic mass is 16.5. The van der Waals surface area contributed by atoms with Gasteiger partial charge in [-0.1, -0.05) is 12.1 Å². The molecule has 1 aromatic carbocycles. The third-order valence-electron chi connectivity index (χ3n) is 3.18. The summed E-state index contributed by atoms with van der Waals surface area (Å²) in [6.07, 6.45) is 1.16. The number of nitrogens with one attached hydrogen (secondary N) is 1. The molecule has 1 heterocycles. The molecule has 3 heteroatoms. The van der Waals surface area contributed by atoms with Crippen molar-refractivity contribution in [1.82, 2.24) is 10.2 Å². The predicted octanol–water partition coefficient (Wildman–Crippen LogP) is 1.66. The Morgan fingerprint density at radius 3 is 3.06 bits per heavy atom. The molecule has 2 rings (SSSR count). The molecule has 1 saturated heterocycles. The van der Waals surface area contributed by atoms with E-state index in [0.717, 1.165) is 31.8 Å². The van der Waals surface area contributed by atoms with Crippen LogP contribution < -0.4 is 10.1 Å². The fourth-order valence-corrected chi connectivity index (χ4v) is 2.14. The lowest BCUT2D eigenvalue weighted by Gasteiger charge is -2.16. The zero-order valence-corrected chi connectivity index (χ0v) is 10.1. The van der Waals surface area contributed by atoms with E-state index < -0.39 is 0 Å². The van der Waals surface area contributed by atoms with Crippen LogP contribution in [0.4, 0.5) is 0 Å². The van der Waals surface area contributed by atoms with Crippen molar-refractivity contribution in [3.63, 3.8) is 0 Å². The highest BCUT2D eigenvalue weighted by Gasteiger charge is 2.15. The normalized spacial score (nSPS) is 22.8. The molecule has 0 aromatic heterocycles. The van der Waals surface area contributed by atoms with Crippen molar-refractivity contribution in [3.05, 3.63) is 29.8 Å². The largest absolute Gasteiger partial charge is 0.497 e. The number of methoxy groups -OCH3 is 1. The van der Waals surface area contributed by atoms with Gasteiger partial charge in [-0.2, -0.15) is 0 Å². The van der Waals surface area contributed by atoms with E-state index in [4.69, 9.17) is 4.74 Å². The number of hydrogen-bond acceptors (Lipinski definition) is 3. The van der Waals surface area contributed by atoms with E-state index in [1.165, 1.54) is 5.56 Å². The molecular formula is C13H20N2O. The minimum atomic E-state index is 0.458. The van der Waals surface area contributed by atoms with Gasteiger partial charge in [-0.25, -0.2) is 0 Å². The fraction of sp³-hybridized carbons (Fsp3) is 0.538. The van der Waals surface area contributed by atoms with Crippen LogP contribution in [0.3, 0.4) is 0 Å². The van der Waals surface area contributed by atoms with Crippen molar-refractivity contribution in [2.75, 3.05) is 33.8 Å². The van der Waals surface area contributed by atoms with Crippen LogP contribution in [0.1, 0.15) is 18.0 Å². The standard InChI is InChI=1S/C13H20N2O/c1-15-8-6-13(14-7-9-15)11-4-3-5-12(10-11)16-2/h3-5,10,13-14H,6-9H2,1-2H3. The van der Waals surface area contributed by atoms with Gasteiger partial charge in [0.25, 0.3) is 0 Å². The lowest BCUT2D eigenvalue weighted by Crippen LogP contribution is -2.25. The number of nitrogens with zero attached hydrogens (tertiary/aromatic N) is 1. The number of benzene rings is 1. The van der Waals surface area contributed by atoms with Gasteiger partial charge in [0.2, 0.25) is 0 Å². The average molecular weight is 220 g/mol. The minimum absolute atomic E-state index is 0.458. The molecule has 0 radical (unpaired) electrons. The van der Waals surface area contributed by atoms with E-state index in [0.29, 0.717) is 6.04 Å². The molecule has 1 fully saturated rings. The Balaban J connectivity index is 2.10. The summed E-state index contributed by atoms with van der Waals surface area (Å²) >= 11 is 0. The Labute approximate surface area is 97.4 Å². The first-order valence-electron chi connectivity index (χ1n) is 5.85. The van der Waals surface area contributed by atoms with Crippen molar-refractivity contribution in [1.29, 1.82) is 0 Å². The molecule has 0 aliphatic carbocycles. The van der Waals surface area contributed by atoms with Crippen molar-refractivity contribution in [2.24, 2.45) is 0 Å². The van der Waals surface area contributed by atoms with Crippen LogP contribution in [0.25, 0.3) is 0 Å². The topological polar surface area (TPSA) is 24.5 Å². The molecule has 1 aliphatic heterocycles. The van der Waals surface area contributed by atoms with Gasteiger partial charge in [0.05, 0.1) is 7.11 Å². The summed E-state index contributed by atoms with van der Waals surface area (Å²) in [7, 11) is 3.89. The van der Waals surface area contributed by atoms with Gasteiger partial charge >= 0.3 is 0 Å². The van der Waals surface area contributed by atoms with Crippen LogP contribution >= 0.6 is 0 Å². The maximum Gasteiger partial charge on any atom is 0.119 e. The molecule has 1 aromatic rings. The van der Waals surface area contributed by atoms with Gasteiger partial charge in [-0.3, -0.25) is 0 Å². The molecule has 1 unspecified atom stereocenters. The molecule has 88 valence electrons. The molecule has 0 spiro atoms. The summed E-state index contributed by atoms with van der Waals surface area (Å²) in [6.45, 7) is 3.33. The highest BCUT2D eigenvalue weighted by Crippen LogP contribution is 2.22. The Hall–Kier alpha value is -1.06. The van der Waals surface area contributed by atoms with Crippen molar-refractivity contribution < 1.29 is 4.74 Å². The van der Waals surface area contributed by atoms with Crippen LogP contribution in [0.5, 0.6) is 5.75 Å². The lowest BCUT2D eigenvalue weighted by atomic mass is 10.0.